The lowest BCUT2D eigenvalue weighted by molar-refractivity contribution is -0.156. The minimum atomic E-state index is -1.42. The fourth-order valence-electron chi connectivity index (χ4n) is 3.12. The van der Waals surface area contributed by atoms with Crippen LogP contribution in [0.1, 0.15) is 26.7 Å². The molecule has 2 aliphatic rings. The highest BCUT2D eigenvalue weighted by Gasteiger charge is 2.57. The Labute approximate surface area is 213 Å². The number of carboxylic acid groups (broad SMARTS) is 2. The lowest BCUT2D eigenvalue weighted by Gasteiger charge is -2.33. The Bertz CT molecular complexity index is 1210. The quantitative estimate of drug-likeness (QED) is 0.250. The lowest BCUT2D eigenvalue weighted by atomic mass is 10.1. The van der Waals surface area contributed by atoms with Gasteiger partial charge in [-0.1, -0.05) is 0 Å². The predicted molar refractivity (Wildman–Crippen MR) is 136 cm³/mol. The van der Waals surface area contributed by atoms with Crippen molar-refractivity contribution in [3.8, 4) is 17.2 Å². The summed E-state index contributed by atoms with van der Waals surface area (Å²) in [4.78, 5) is 24.6. The van der Waals surface area contributed by atoms with Crippen LogP contribution in [0.15, 0.2) is 60.8 Å². The van der Waals surface area contributed by atoms with Gasteiger partial charge in [-0.25, -0.2) is 9.37 Å². The Morgan fingerprint density at radius 2 is 1.51 bits per heavy atom. The third-order valence-electron chi connectivity index (χ3n) is 5.45. The Morgan fingerprint density at radius 1 is 0.973 bits per heavy atom. The topological polar surface area (TPSA) is 170 Å². The van der Waals surface area contributed by atoms with E-state index in [4.69, 9.17) is 31.2 Å². The molecule has 2 heterocycles. The normalized spacial score (nSPS) is 15.5. The van der Waals surface area contributed by atoms with Crippen molar-refractivity contribution in [1.82, 2.24) is 4.98 Å². The maximum Gasteiger partial charge on any atom is 0.321 e. The number of nitrogens with zero attached hydrogens (tertiary/aromatic N) is 1. The first kappa shape index (κ1) is 27.1. The Kier molecular flexibility index (Phi) is 8.06. The molecule has 0 saturated heterocycles. The molecule has 1 saturated carbocycles. The highest BCUT2D eigenvalue weighted by molar-refractivity contribution is 6.01. The fourth-order valence-corrected chi connectivity index (χ4v) is 3.12. The third-order valence-corrected chi connectivity index (χ3v) is 5.45. The minimum absolute atomic E-state index is 0.139. The van der Waals surface area contributed by atoms with Crippen LogP contribution in [0.4, 0.5) is 21.6 Å². The summed E-state index contributed by atoms with van der Waals surface area (Å²) in [5.41, 5.74) is 10.7. The van der Waals surface area contributed by atoms with Gasteiger partial charge in [-0.15, -0.1) is 0 Å². The van der Waals surface area contributed by atoms with E-state index in [2.05, 4.69) is 24.1 Å². The van der Waals surface area contributed by atoms with E-state index >= 15 is 0 Å². The number of ether oxygens (including phenoxy) is 2. The van der Waals surface area contributed by atoms with Crippen molar-refractivity contribution in [2.75, 3.05) is 23.4 Å². The van der Waals surface area contributed by atoms with Gasteiger partial charge in [0.15, 0.2) is 17.0 Å². The van der Waals surface area contributed by atoms with Crippen molar-refractivity contribution < 1.29 is 33.7 Å². The Hall–Kier alpha value is -4.54. The van der Waals surface area contributed by atoms with Gasteiger partial charge in [0.1, 0.15) is 18.2 Å². The van der Waals surface area contributed by atoms with Crippen LogP contribution >= 0.6 is 0 Å². The van der Waals surface area contributed by atoms with Crippen molar-refractivity contribution in [3.63, 3.8) is 0 Å². The molecule has 37 heavy (non-hydrogen) atoms. The van der Waals surface area contributed by atoms with E-state index in [1.54, 1.807) is 24.4 Å². The highest BCUT2D eigenvalue weighted by Crippen LogP contribution is 2.46. The van der Waals surface area contributed by atoms with Gasteiger partial charge in [0.2, 0.25) is 5.75 Å². The number of anilines is 3. The molecule has 0 atom stereocenters. The standard InChI is InChI=1S/C15H17N3O2.C6H6FN.C5H6O4/c1-15(2)9-19-13-12(7-8-17-14(13)18-15)20-11-5-3-10(16)4-6-11;7-5-1-3-6(8)4-2-5;6-3(7)5(1-2-5)4(8)9/h3-8H,9,16H2,1-2H3,(H,17,18);1-4H,8H2;1-2H2,(H,6,7)(H,8,9). The third kappa shape index (κ3) is 7.23. The van der Waals surface area contributed by atoms with Crippen LogP contribution in [0.5, 0.6) is 17.2 Å². The smallest absolute Gasteiger partial charge is 0.321 e. The number of benzene rings is 2. The molecule has 1 aliphatic heterocycles. The summed E-state index contributed by atoms with van der Waals surface area (Å²) in [6.07, 6.45) is 2.25. The summed E-state index contributed by atoms with van der Waals surface area (Å²) in [5.74, 6) is 0.0193. The van der Waals surface area contributed by atoms with E-state index in [-0.39, 0.29) is 24.2 Å². The molecule has 0 amide bonds. The molecule has 2 aromatic carbocycles. The molecule has 10 nitrogen and oxygen atoms in total. The van der Waals surface area contributed by atoms with Gasteiger partial charge in [0, 0.05) is 23.6 Å². The summed E-state index contributed by atoms with van der Waals surface area (Å²) in [7, 11) is 0. The van der Waals surface area contributed by atoms with E-state index in [1.165, 1.54) is 24.3 Å². The lowest BCUT2D eigenvalue weighted by Crippen LogP contribution is -2.41. The van der Waals surface area contributed by atoms with Crippen LogP contribution in [0.3, 0.4) is 0 Å². The molecular formula is C26H29FN4O6. The monoisotopic (exact) mass is 512 g/mol. The Morgan fingerprint density at radius 3 is 1.97 bits per heavy atom. The second-order valence-electron chi connectivity index (χ2n) is 9.20. The first-order valence-electron chi connectivity index (χ1n) is 11.3. The van der Waals surface area contributed by atoms with Crippen molar-refractivity contribution in [3.05, 3.63) is 66.6 Å². The minimum Gasteiger partial charge on any atom is -0.484 e. The molecule has 1 fully saturated rings. The van der Waals surface area contributed by atoms with Crippen LogP contribution < -0.4 is 26.3 Å². The molecule has 1 aliphatic carbocycles. The molecule has 0 spiro atoms. The molecule has 0 bridgehead atoms. The summed E-state index contributed by atoms with van der Waals surface area (Å²) in [6.45, 7) is 4.68. The van der Waals surface area contributed by atoms with Crippen molar-refractivity contribution in [2.24, 2.45) is 5.41 Å². The number of hydrogen-bond donors (Lipinski definition) is 5. The average molecular weight is 513 g/mol. The largest absolute Gasteiger partial charge is 0.484 e. The zero-order chi connectivity index (χ0) is 27.2. The number of hydrogen-bond acceptors (Lipinski definition) is 8. The number of aliphatic carboxylic acids is 2. The van der Waals surface area contributed by atoms with E-state index in [0.717, 1.165) is 0 Å². The number of halogens is 1. The van der Waals surface area contributed by atoms with Gasteiger partial charge in [-0.05, 0) is 75.2 Å². The fraction of sp³-hybridized carbons (Fsp3) is 0.269. The maximum atomic E-state index is 12.0. The number of pyridine rings is 1. The summed E-state index contributed by atoms with van der Waals surface area (Å²) in [5, 5.41) is 19.9. The van der Waals surface area contributed by atoms with Gasteiger partial charge >= 0.3 is 11.9 Å². The Balaban J connectivity index is 0.000000184. The van der Waals surface area contributed by atoms with E-state index in [9.17, 15) is 14.0 Å². The van der Waals surface area contributed by atoms with E-state index in [0.29, 0.717) is 41.0 Å². The van der Waals surface area contributed by atoms with Gasteiger partial charge in [0.25, 0.3) is 0 Å². The molecule has 196 valence electrons. The van der Waals surface area contributed by atoms with E-state index in [1.807, 2.05) is 12.1 Å². The van der Waals surface area contributed by atoms with Crippen molar-refractivity contribution in [2.45, 2.75) is 32.2 Å². The van der Waals surface area contributed by atoms with Crippen molar-refractivity contribution in [1.29, 1.82) is 0 Å². The maximum absolute atomic E-state index is 12.0. The number of rotatable bonds is 4. The van der Waals surface area contributed by atoms with Crippen LogP contribution in [-0.2, 0) is 9.59 Å². The van der Waals surface area contributed by atoms with Gasteiger partial charge in [-0.2, -0.15) is 0 Å². The van der Waals surface area contributed by atoms with Gasteiger partial charge < -0.3 is 36.5 Å². The summed E-state index contributed by atoms with van der Waals surface area (Å²) in [6, 6.07) is 14.7. The summed E-state index contributed by atoms with van der Waals surface area (Å²) < 4.78 is 23.7. The van der Waals surface area contributed by atoms with Gasteiger partial charge in [-0.3, -0.25) is 9.59 Å². The SMILES string of the molecule is CC1(C)COc2c(Oc3ccc(N)cc3)ccnc2N1.Nc1ccc(F)cc1.O=C(O)C1(C(=O)O)CC1. The van der Waals surface area contributed by atoms with Crippen molar-refractivity contribution >= 4 is 29.1 Å². The van der Waals surface area contributed by atoms with E-state index < -0.39 is 17.4 Å². The number of carbonyl (C=O) groups is 2. The molecule has 7 N–H and O–H groups in total. The molecule has 0 radical (unpaired) electrons. The first-order valence-corrected chi connectivity index (χ1v) is 11.3. The molecule has 11 heteroatoms. The van der Waals surface area contributed by atoms with Crippen LogP contribution in [0.2, 0.25) is 0 Å². The number of nitrogens with one attached hydrogen (secondary N) is 1. The molecule has 5 rings (SSSR count). The highest BCUT2D eigenvalue weighted by atomic mass is 19.1. The molecule has 1 aromatic heterocycles. The van der Waals surface area contributed by atoms with Crippen LogP contribution in [0.25, 0.3) is 0 Å². The summed E-state index contributed by atoms with van der Waals surface area (Å²) >= 11 is 0. The zero-order valence-corrected chi connectivity index (χ0v) is 20.4. The molecular weight excluding hydrogens is 483 g/mol. The second-order valence-corrected chi connectivity index (χ2v) is 9.20. The predicted octanol–water partition coefficient (Wildman–Crippen LogP) is 4.38. The first-order chi connectivity index (χ1) is 17.4. The average Bonchev–Trinajstić information content (AvgIpc) is 3.65. The van der Waals surface area contributed by atoms with Crippen LogP contribution in [-0.4, -0.2) is 39.3 Å². The zero-order valence-electron chi connectivity index (χ0n) is 20.4. The number of nitrogens with two attached hydrogens (primary N) is 2. The number of aromatic nitrogens is 1. The number of fused-ring (bicyclic) bond motifs is 1. The molecule has 0 unspecified atom stereocenters. The van der Waals surface area contributed by atoms with Crippen LogP contribution in [0, 0.1) is 11.2 Å². The second kappa shape index (κ2) is 11.0. The van der Waals surface area contributed by atoms with Gasteiger partial charge in [0.05, 0.1) is 5.54 Å². The number of carboxylic acids is 2. The number of nitrogen functional groups attached to an aromatic ring is 2. The molecule has 3 aromatic rings.